The summed E-state index contributed by atoms with van der Waals surface area (Å²) in [5, 5.41) is 2.97. The SMILES string of the molecule is CCOC(=O)c1ccc(NC(=O)COc2ccc([C@H]3c4sc(=O)[nH]c4SC4C(=O)N(c5ccc(Cl)cc5)C(=O)C43)cc2OC)cc1. The van der Waals surface area contributed by atoms with Crippen molar-refractivity contribution < 1.29 is 33.4 Å². The van der Waals surface area contributed by atoms with E-state index in [9.17, 15) is 24.0 Å². The van der Waals surface area contributed by atoms with Crippen LogP contribution in [0.2, 0.25) is 5.02 Å². The number of carbonyl (C=O) groups excluding carboxylic acids is 4. The maximum absolute atomic E-state index is 13.9. The van der Waals surface area contributed by atoms with E-state index in [-0.39, 0.29) is 35.7 Å². The first-order chi connectivity index (χ1) is 22.2. The van der Waals surface area contributed by atoms with Crippen LogP contribution in [0.1, 0.15) is 33.6 Å². The Kier molecular flexibility index (Phi) is 8.89. The Labute approximate surface area is 275 Å². The number of benzene rings is 3. The monoisotopic (exact) mass is 679 g/mol. The molecule has 2 aliphatic heterocycles. The van der Waals surface area contributed by atoms with Gasteiger partial charge in [0.1, 0.15) is 5.25 Å². The van der Waals surface area contributed by atoms with Gasteiger partial charge >= 0.3 is 10.8 Å². The molecule has 14 heteroatoms. The van der Waals surface area contributed by atoms with Gasteiger partial charge in [-0.2, -0.15) is 0 Å². The molecule has 236 valence electrons. The van der Waals surface area contributed by atoms with Crippen LogP contribution in [0.3, 0.4) is 0 Å². The first-order valence-corrected chi connectivity index (χ1v) is 16.2. The molecule has 2 N–H and O–H groups in total. The van der Waals surface area contributed by atoms with E-state index in [4.69, 9.17) is 25.8 Å². The highest BCUT2D eigenvalue weighted by molar-refractivity contribution is 8.00. The third-order valence-electron chi connectivity index (χ3n) is 7.49. The van der Waals surface area contributed by atoms with Crippen LogP contribution in [0, 0.1) is 5.92 Å². The van der Waals surface area contributed by atoms with E-state index in [0.29, 0.717) is 43.2 Å². The lowest BCUT2D eigenvalue weighted by Gasteiger charge is -2.30. The molecule has 0 bridgehead atoms. The minimum Gasteiger partial charge on any atom is -0.493 e. The van der Waals surface area contributed by atoms with Gasteiger partial charge < -0.3 is 24.5 Å². The number of halogens is 1. The third kappa shape index (κ3) is 6.00. The van der Waals surface area contributed by atoms with E-state index in [2.05, 4.69) is 10.3 Å². The second-order valence-electron chi connectivity index (χ2n) is 10.3. The Hall–Kier alpha value is -4.59. The number of carbonyl (C=O) groups is 4. The number of thioether (sulfide) groups is 1. The van der Waals surface area contributed by atoms with E-state index < -0.39 is 29.0 Å². The van der Waals surface area contributed by atoms with E-state index in [1.54, 1.807) is 73.7 Å². The minimum atomic E-state index is -0.787. The van der Waals surface area contributed by atoms with E-state index in [1.165, 1.54) is 23.8 Å². The number of amides is 3. The summed E-state index contributed by atoms with van der Waals surface area (Å²) in [5.74, 6) is -2.49. The number of imide groups is 1. The van der Waals surface area contributed by atoms with E-state index in [0.717, 1.165) is 11.3 Å². The van der Waals surface area contributed by atoms with Crippen molar-refractivity contribution in [2.45, 2.75) is 23.1 Å². The molecule has 0 spiro atoms. The first-order valence-electron chi connectivity index (χ1n) is 14.1. The average Bonchev–Trinajstić information content (AvgIpc) is 3.54. The Balaban J connectivity index is 1.22. The van der Waals surface area contributed by atoms with Crippen LogP contribution >= 0.6 is 34.7 Å². The van der Waals surface area contributed by atoms with Crippen molar-refractivity contribution in [2.24, 2.45) is 5.92 Å². The number of nitrogens with zero attached hydrogens (tertiary/aromatic N) is 1. The largest absolute Gasteiger partial charge is 0.493 e. The van der Waals surface area contributed by atoms with Gasteiger partial charge in [-0.05, 0) is 73.2 Å². The molecular formula is C32H26ClN3O8S2. The summed E-state index contributed by atoms with van der Waals surface area (Å²) in [5.41, 5.74) is 1.89. The fraction of sp³-hybridized carbons (Fsp3) is 0.219. The standard InChI is InChI=1S/C32H26ClN3O8S2/c1-3-43-31(40)16-4-9-19(10-5-16)34-23(37)15-44-21-13-6-17(14-22(21)42-2)24-25-27(45-28-26(24)46-32(41)35-28)30(39)36(29(25)38)20-11-7-18(33)8-12-20/h4-14,24-25,27H,3,15H2,1-2H3,(H,34,37)(H,35,41)/t24-,25?,27?/m1/s1. The number of thiazole rings is 1. The third-order valence-corrected chi connectivity index (χ3v) is 10.1. The van der Waals surface area contributed by atoms with Crippen LogP contribution in [0.15, 0.2) is 76.6 Å². The van der Waals surface area contributed by atoms with Crippen molar-refractivity contribution in [2.75, 3.05) is 30.5 Å². The number of aromatic amines is 1. The maximum Gasteiger partial charge on any atom is 0.338 e. The lowest BCUT2D eigenvalue weighted by Crippen LogP contribution is -2.32. The molecule has 2 aliphatic rings. The zero-order valence-electron chi connectivity index (χ0n) is 24.4. The highest BCUT2D eigenvalue weighted by Crippen LogP contribution is 2.53. The molecule has 0 saturated carbocycles. The first kappa shape index (κ1) is 31.4. The number of aromatic nitrogens is 1. The number of fused-ring (bicyclic) bond motifs is 2. The second kappa shape index (κ2) is 13.0. The molecule has 3 amide bonds. The van der Waals surface area contributed by atoms with Crippen molar-refractivity contribution in [3.05, 3.63) is 97.4 Å². The Morgan fingerprint density at radius 1 is 0.978 bits per heavy atom. The Morgan fingerprint density at radius 3 is 2.41 bits per heavy atom. The topological polar surface area (TPSA) is 144 Å². The molecule has 1 fully saturated rings. The summed E-state index contributed by atoms with van der Waals surface area (Å²) >= 11 is 8.22. The molecule has 11 nitrogen and oxygen atoms in total. The molecule has 1 aromatic heterocycles. The molecule has 2 unspecified atom stereocenters. The Bertz CT molecular complexity index is 1890. The zero-order valence-corrected chi connectivity index (χ0v) is 26.8. The van der Waals surface area contributed by atoms with Gasteiger partial charge in [0.15, 0.2) is 18.1 Å². The zero-order chi connectivity index (χ0) is 32.5. The molecule has 0 aliphatic carbocycles. The quantitative estimate of drug-likeness (QED) is 0.183. The fourth-order valence-electron chi connectivity index (χ4n) is 5.46. The van der Waals surface area contributed by atoms with Crippen LogP contribution in [0.5, 0.6) is 11.5 Å². The van der Waals surface area contributed by atoms with Crippen LogP contribution < -0.4 is 24.6 Å². The summed E-state index contributed by atoms with van der Waals surface area (Å²) in [4.78, 5) is 68.8. The predicted octanol–water partition coefficient (Wildman–Crippen LogP) is 5.09. The van der Waals surface area contributed by atoms with E-state index >= 15 is 0 Å². The van der Waals surface area contributed by atoms with Crippen LogP contribution in [0.25, 0.3) is 0 Å². The predicted molar refractivity (Wildman–Crippen MR) is 173 cm³/mol. The number of rotatable bonds is 9. The number of nitrogens with one attached hydrogen (secondary N) is 2. The average molecular weight is 680 g/mol. The van der Waals surface area contributed by atoms with Crippen LogP contribution in [-0.2, 0) is 19.1 Å². The second-order valence-corrected chi connectivity index (χ2v) is 12.9. The molecule has 0 radical (unpaired) electrons. The summed E-state index contributed by atoms with van der Waals surface area (Å²) in [7, 11) is 1.45. The van der Waals surface area contributed by atoms with Gasteiger partial charge in [0, 0.05) is 21.5 Å². The van der Waals surface area contributed by atoms with Gasteiger partial charge in [0.2, 0.25) is 11.8 Å². The minimum absolute atomic E-state index is 0.259. The van der Waals surface area contributed by atoms with Gasteiger partial charge in [0.05, 0.1) is 35.9 Å². The number of anilines is 2. The van der Waals surface area contributed by atoms with Crippen LogP contribution in [-0.4, -0.2) is 54.2 Å². The van der Waals surface area contributed by atoms with Gasteiger partial charge in [0.25, 0.3) is 5.91 Å². The molecule has 6 rings (SSSR count). The Morgan fingerprint density at radius 2 is 1.72 bits per heavy atom. The molecule has 3 heterocycles. The molecule has 3 atom stereocenters. The van der Waals surface area contributed by atoms with Gasteiger partial charge in [-0.1, -0.05) is 40.8 Å². The maximum atomic E-state index is 13.9. The molecule has 4 aromatic rings. The molecular weight excluding hydrogens is 654 g/mol. The summed E-state index contributed by atoms with van der Waals surface area (Å²) < 4.78 is 16.3. The number of hydrogen-bond donors (Lipinski definition) is 2. The number of methoxy groups -OCH3 is 1. The summed E-state index contributed by atoms with van der Waals surface area (Å²) in [6.45, 7) is 1.64. The highest BCUT2D eigenvalue weighted by atomic mass is 35.5. The lowest BCUT2D eigenvalue weighted by atomic mass is 9.83. The van der Waals surface area contributed by atoms with Crippen molar-refractivity contribution in [3.63, 3.8) is 0 Å². The number of H-pyrrole nitrogens is 1. The molecule has 1 saturated heterocycles. The van der Waals surface area contributed by atoms with Crippen molar-refractivity contribution in [3.8, 4) is 11.5 Å². The van der Waals surface area contributed by atoms with Gasteiger partial charge in [-0.25, -0.2) is 9.69 Å². The fourth-order valence-corrected chi connectivity index (χ4v) is 8.10. The normalized spacial score (nSPS) is 18.5. The van der Waals surface area contributed by atoms with Gasteiger partial charge in [-0.3, -0.25) is 19.2 Å². The smallest absolute Gasteiger partial charge is 0.338 e. The van der Waals surface area contributed by atoms with Gasteiger partial charge in [-0.15, -0.1) is 0 Å². The molecule has 3 aromatic carbocycles. The van der Waals surface area contributed by atoms with Crippen molar-refractivity contribution in [1.82, 2.24) is 4.98 Å². The number of esters is 1. The highest BCUT2D eigenvalue weighted by Gasteiger charge is 2.56. The summed E-state index contributed by atoms with van der Waals surface area (Å²) in [6.07, 6.45) is 0. The van der Waals surface area contributed by atoms with Crippen molar-refractivity contribution >= 4 is 69.8 Å². The van der Waals surface area contributed by atoms with Crippen LogP contribution in [0.4, 0.5) is 11.4 Å². The van der Waals surface area contributed by atoms with E-state index in [1.807, 2.05) is 0 Å². The number of ether oxygens (including phenoxy) is 3. The number of hydrogen-bond acceptors (Lipinski definition) is 10. The molecule has 46 heavy (non-hydrogen) atoms. The van der Waals surface area contributed by atoms with Crippen molar-refractivity contribution in [1.29, 1.82) is 0 Å². The summed E-state index contributed by atoms with van der Waals surface area (Å²) in [6, 6.07) is 17.8. The lowest BCUT2D eigenvalue weighted by molar-refractivity contribution is -0.122.